The molecular weight excluding hydrogens is 389 g/mol. The molecule has 0 saturated carbocycles. The zero-order chi connectivity index (χ0) is 17.0. The Hall–Kier alpha value is -1.93. The van der Waals surface area contributed by atoms with Crippen molar-refractivity contribution in [1.82, 2.24) is 0 Å². The number of ether oxygens (including phenoxy) is 1. The number of benzene rings is 2. The Bertz CT molecular complexity index is 839. The van der Waals surface area contributed by atoms with Crippen molar-refractivity contribution in [3.63, 3.8) is 0 Å². The normalized spacial score (nSPS) is 11.1. The SMILES string of the molecule is CS(=O)(=O)c1cccc(NC(=O)COc2ccc(F)cc2Br)c1. The minimum atomic E-state index is -3.35. The summed E-state index contributed by atoms with van der Waals surface area (Å²) in [5.41, 5.74) is 0.347. The standard InChI is InChI=1S/C15H13BrFNO4S/c1-23(20,21)12-4-2-3-11(8-12)18-15(19)9-22-14-6-5-10(17)7-13(14)16/h2-8H,9H2,1H3,(H,18,19). The van der Waals surface area contributed by atoms with E-state index >= 15 is 0 Å². The fourth-order valence-electron chi connectivity index (χ4n) is 1.74. The van der Waals surface area contributed by atoms with Gasteiger partial charge in [0.25, 0.3) is 5.91 Å². The van der Waals surface area contributed by atoms with Crippen LogP contribution in [0.15, 0.2) is 51.8 Å². The number of halogens is 2. The van der Waals surface area contributed by atoms with Crippen LogP contribution in [0.5, 0.6) is 5.75 Å². The monoisotopic (exact) mass is 401 g/mol. The molecule has 2 rings (SSSR count). The lowest BCUT2D eigenvalue weighted by molar-refractivity contribution is -0.118. The van der Waals surface area contributed by atoms with Gasteiger partial charge in [-0.1, -0.05) is 6.07 Å². The van der Waals surface area contributed by atoms with E-state index in [2.05, 4.69) is 21.2 Å². The molecule has 23 heavy (non-hydrogen) atoms. The van der Waals surface area contributed by atoms with Gasteiger partial charge in [-0.05, 0) is 52.3 Å². The largest absolute Gasteiger partial charge is 0.483 e. The summed E-state index contributed by atoms with van der Waals surface area (Å²) >= 11 is 3.13. The number of hydrogen-bond donors (Lipinski definition) is 1. The number of sulfone groups is 1. The summed E-state index contributed by atoms with van der Waals surface area (Å²) in [5, 5.41) is 2.54. The molecule has 0 fully saturated rings. The fourth-order valence-corrected chi connectivity index (χ4v) is 2.87. The van der Waals surface area contributed by atoms with Crippen LogP contribution in [0.2, 0.25) is 0 Å². The van der Waals surface area contributed by atoms with E-state index in [0.29, 0.717) is 15.9 Å². The summed E-state index contributed by atoms with van der Waals surface area (Å²) in [5.74, 6) is -0.565. The summed E-state index contributed by atoms with van der Waals surface area (Å²) in [6.45, 7) is -0.298. The maximum Gasteiger partial charge on any atom is 0.262 e. The molecule has 1 amide bonds. The Morgan fingerprint density at radius 1 is 1.26 bits per heavy atom. The van der Waals surface area contributed by atoms with Crippen LogP contribution in [-0.2, 0) is 14.6 Å². The summed E-state index contributed by atoms with van der Waals surface area (Å²) in [7, 11) is -3.35. The van der Waals surface area contributed by atoms with E-state index in [-0.39, 0.29) is 11.5 Å². The van der Waals surface area contributed by atoms with Crippen molar-refractivity contribution < 1.29 is 22.3 Å². The molecule has 0 aliphatic heterocycles. The second-order valence-corrected chi connectivity index (χ2v) is 7.58. The van der Waals surface area contributed by atoms with Gasteiger partial charge in [-0.3, -0.25) is 4.79 Å². The molecule has 0 aliphatic rings. The molecule has 0 saturated heterocycles. The van der Waals surface area contributed by atoms with Crippen molar-refractivity contribution >= 4 is 37.4 Å². The van der Waals surface area contributed by atoms with Crippen LogP contribution in [-0.4, -0.2) is 27.2 Å². The zero-order valence-corrected chi connectivity index (χ0v) is 14.4. The van der Waals surface area contributed by atoms with E-state index in [9.17, 15) is 17.6 Å². The highest BCUT2D eigenvalue weighted by Crippen LogP contribution is 2.25. The topological polar surface area (TPSA) is 72.5 Å². The smallest absolute Gasteiger partial charge is 0.262 e. The van der Waals surface area contributed by atoms with E-state index in [1.54, 1.807) is 6.07 Å². The first-order chi connectivity index (χ1) is 10.8. The van der Waals surface area contributed by atoms with Gasteiger partial charge < -0.3 is 10.1 Å². The molecule has 5 nitrogen and oxygen atoms in total. The average Bonchev–Trinajstić information content (AvgIpc) is 2.45. The Balaban J connectivity index is 2.00. The van der Waals surface area contributed by atoms with Gasteiger partial charge in [0.05, 0.1) is 9.37 Å². The number of nitrogens with one attached hydrogen (secondary N) is 1. The lowest BCUT2D eigenvalue weighted by Crippen LogP contribution is -2.20. The molecule has 122 valence electrons. The van der Waals surface area contributed by atoms with E-state index in [0.717, 1.165) is 6.26 Å². The molecular formula is C15H13BrFNO4S. The molecule has 1 N–H and O–H groups in total. The van der Waals surface area contributed by atoms with Crippen LogP contribution in [0.3, 0.4) is 0 Å². The lowest BCUT2D eigenvalue weighted by atomic mass is 10.3. The van der Waals surface area contributed by atoms with E-state index in [1.807, 2.05) is 0 Å². The van der Waals surface area contributed by atoms with Crippen molar-refractivity contribution in [3.05, 3.63) is 52.8 Å². The Morgan fingerprint density at radius 2 is 2.00 bits per heavy atom. The van der Waals surface area contributed by atoms with E-state index in [4.69, 9.17) is 4.74 Å². The van der Waals surface area contributed by atoms with Crippen molar-refractivity contribution in [1.29, 1.82) is 0 Å². The Kier molecular flexibility index (Phi) is 5.38. The minimum absolute atomic E-state index is 0.109. The van der Waals surface area contributed by atoms with Gasteiger partial charge in [-0.2, -0.15) is 0 Å². The summed E-state index contributed by atoms with van der Waals surface area (Å²) in [6.07, 6.45) is 1.09. The lowest BCUT2D eigenvalue weighted by Gasteiger charge is -2.09. The van der Waals surface area contributed by atoms with Crippen LogP contribution < -0.4 is 10.1 Å². The molecule has 0 spiro atoms. The molecule has 0 bridgehead atoms. The first-order valence-corrected chi connectivity index (χ1v) is 9.12. The first-order valence-electron chi connectivity index (χ1n) is 6.43. The highest BCUT2D eigenvalue weighted by Gasteiger charge is 2.10. The highest BCUT2D eigenvalue weighted by atomic mass is 79.9. The zero-order valence-electron chi connectivity index (χ0n) is 12.0. The predicted octanol–water partition coefficient (Wildman–Crippen LogP) is 3.01. The van der Waals surface area contributed by atoms with Crippen LogP contribution in [0.25, 0.3) is 0 Å². The molecule has 0 unspecified atom stereocenters. The van der Waals surface area contributed by atoms with Gasteiger partial charge in [0.2, 0.25) is 0 Å². The first kappa shape index (κ1) is 17.4. The third-order valence-electron chi connectivity index (χ3n) is 2.80. The van der Waals surface area contributed by atoms with Crippen LogP contribution in [0, 0.1) is 5.82 Å². The van der Waals surface area contributed by atoms with Gasteiger partial charge in [-0.25, -0.2) is 12.8 Å². The third-order valence-corrected chi connectivity index (χ3v) is 4.53. The number of rotatable bonds is 5. The van der Waals surface area contributed by atoms with Gasteiger partial charge >= 0.3 is 0 Å². The third kappa shape index (κ3) is 5.04. The Morgan fingerprint density at radius 3 is 2.65 bits per heavy atom. The summed E-state index contributed by atoms with van der Waals surface area (Å²) in [6, 6.07) is 9.75. The van der Waals surface area contributed by atoms with Crippen LogP contribution >= 0.6 is 15.9 Å². The molecule has 0 heterocycles. The number of amides is 1. The Labute approximate surface area is 141 Å². The van der Waals surface area contributed by atoms with Gasteiger partial charge in [0, 0.05) is 11.9 Å². The van der Waals surface area contributed by atoms with Gasteiger partial charge in [-0.15, -0.1) is 0 Å². The maximum atomic E-state index is 13.0. The maximum absolute atomic E-state index is 13.0. The molecule has 2 aromatic carbocycles. The van der Waals surface area contributed by atoms with E-state index in [1.165, 1.54) is 36.4 Å². The van der Waals surface area contributed by atoms with Crippen molar-refractivity contribution in [3.8, 4) is 5.75 Å². The second kappa shape index (κ2) is 7.10. The summed E-state index contributed by atoms with van der Waals surface area (Å²) < 4.78 is 41.6. The molecule has 0 radical (unpaired) electrons. The number of anilines is 1. The molecule has 8 heteroatoms. The molecule has 0 aliphatic carbocycles. The minimum Gasteiger partial charge on any atom is -0.483 e. The second-order valence-electron chi connectivity index (χ2n) is 4.71. The fraction of sp³-hybridized carbons (Fsp3) is 0.133. The predicted molar refractivity (Wildman–Crippen MR) is 87.8 cm³/mol. The van der Waals surface area contributed by atoms with Crippen molar-refractivity contribution in [2.45, 2.75) is 4.90 Å². The highest BCUT2D eigenvalue weighted by molar-refractivity contribution is 9.10. The molecule has 2 aromatic rings. The van der Waals surface area contributed by atoms with Crippen LogP contribution in [0.1, 0.15) is 0 Å². The molecule has 0 atom stereocenters. The molecule has 0 aromatic heterocycles. The number of hydrogen-bond acceptors (Lipinski definition) is 4. The number of carbonyl (C=O) groups excluding carboxylic acids is 1. The van der Waals surface area contributed by atoms with Gasteiger partial charge in [0.15, 0.2) is 16.4 Å². The van der Waals surface area contributed by atoms with E-state index < -0.39 is 21.6 Å². The van der Waals surface area contributed by atoms with Gasteiger partial charge in [0.1, 0.15) is 11.6 Å². The average molecular weight is 402 g/mol. The van der Waals surface area contributed by atoms with Crippen LogP contribution in [0.4, 0.5) is 10.1 Å². The number of carbonyl (C=O) groups is 1. The van der Waals surface area contributed by atoms with Crippen molar-refractivity contribution in [2.75, 3.05) is 18.2 Å². The quantitative estimate of drug-likeness (QED) is 0.835. The van der Waals surface area contributed by atoms with Crippen molar-refractivity contribution in [2.24, 2.45) is 0 Å². The summed E-state index contributed by atoms with van der Waals surface area (Å²) in [4.78, 5) is 12.0.